The zero-order valence-corrected chi connectivity index (χ0v) is 12.5. The molecule has 0 spiro atoms. The summed E-state index contributed by atoms with van der Waals surface area (Å²) in [5, 5.41) is 0. The highest BCUT2D eigenvalue weighted by atomic mass is 32.2. The molecule has 0 amide bonds. The Balaban J connectivity index is 1.84. The summed E-state index contributed by atoms with van der Waals surface area (Å²) >= 11 is 1.83. The highest BCUT2D eigenvalue weighted by molar-refractivity contribution is 7.99. The summed E-state index contributed by atoms with van der Waals surface area (Å²) < 4.78 is 27.6. The quantitative estimate of drug-likeness (QED) is 0.933. The summed E-state index contributed by atoms with van der Waals surface area (Å²) in [6.07, 6.45) is 6.34. The Hall–Kier alpha value is -0.520. The average molecular weight is 297 g/mol. The van der Waals surface area contributed by atoms with Crippen molar-refractivity contribution in [1.82, 2.24) is 4.72 Å². The van der Waals surface area contributed by atoms with Gasteiger partial charge in [0.1, 0.15) is 0 Å². The Kier molecular flexibility index (Phi) is 3.87. The van der Waals surface area contributed by atoms with E-state index >= 15 is 0 Å². The highest BCUT2D eigenvalue weighted by Crippen LogP contribution is 2.31. The fourth-order valence-electron chi connectivity index (χ4n) is 2.84. The molecule has 0 saturated heterocycles. The van der Waals surface area contributed by atoms with Gasteiger partial charge >= 0.3 is 0 Å². The number of rotatable bonds is 3. The molecule has 19 heavy (non-hydrogen) atoms. The molecule has 1 saturated carbocycles. The SMILES string of the molecule is O=S(=O)(NC1CCCC1)c1ccc2c(c1)CCCS2. The Bertz CT molecular complexity index is 563. The van der Waals surface area contributed by atoms with Crippen molar-refractivity contribution in [2.75, 3.05) is 5.75 Å². The van der Waals surface area contributed by atoms with Crippen LogP contribution in [0.5, 0.6) is 0 Å². The molecule has 0 radical (unpaired) electrons. The number of benzene rings is 1. The minimum absolute atomic E-state index is 0.135. The summed E-state index contributed by atoms with van der Waals surface area (Å²) in [4.78, 5) is 1.67. The summed E-state index contributed by atoms with van der Waals surface area (Å²) in [5.41, 5.74) is 1.19. The molecular weight excluding hydrogens is 278 g/mol. The maximum atomic E-state index is 12.4. The second-order valence-corrected chi connectivity index (χ2v) is 8.17. The van der Waals surface area contributed by atoms with Gasteiger partial charge in [-0.25, -0.2) is 13.1 Å². The lowest BCUT2D eigenvalue weighted by atomic mass is 10.1. The van der Waals surface area contributed by atoms with Crippen molar-refractivity contribution in [2.45, 2.75) is 54.4 Å². The van der Waals surface area contributed by atoms with Crippen LogP contribution in [0.1, 0.15) is 37.7 Å². The van der Waals surface area contributed by atoms with Crippen molar-refractivity contribution in [3.8, 4) is 0 Å². The molecule has 1 aliphatic heterocycles. The van der Waals surface area contributed by atoms with Crippen LogP contribution in [0.2, 0.25) is 0 Å². The number of hydrogen-bond acceptors (Lipinski definition) is 3. The number of nitrogens with one attached hydrogen (secondary N) is 1. The van der Waals surface area contributed by atoms with E-state index in [0.717, 1.165) is 44.3 Å². The van der Waals surface area contributed by atoms with Gasteiger partial charge in [-0.2, -0.15) is 0 Å². The Morgan fingerprint density at radius 2 is 1.95 bits per heavy atom. The molecule has 1 aromatic carbocycles. The summed E-state index contributed by atoms with van der Waals surface area (Å²) in [6.45, 7) is 0. The van der Waals surface area contributed by atoms with Gasteiger partial charge in [0.25, 0.3) is 0 Å². The van der Waals surface area contributed by atoms with Crippen molar-refractivity contribution >= 4 is 21.8 Å². The first-order valence-corrected chi connectivity index (χ1v) is 9.40. The Labute approximate surface area is 119 Å². The minimum atomic E-state index is -3.34. The first kappa shape index (κ1) is 13.5. The monoisotopic (exact) mass is 297 g/mol. The van der Waals surface area contributed by atoms with E-state index < -0.39 is 10.0 Å². The predicted octanol–water partition coefficient (Wildman–Crippen LogP) is 2.95. The number of hydrogen-bond donors (Lipinski definition) is 1. The Morgan fingerprint density at radius 1 is 1.16 bits per heavy atom. The smallest absolute Gasteiger partial charge is 0.208 e. The summed E-state index contributed by atoms with van der Waals surface area (Å²) in [6, 6.07) is 5.70. The van der Waals surface area contributed by atoms with Gasteiger partial charge < -0.3 is 0 Å². The van der Waals surface area contributed by atoms with Gasteiger partial charge in [-0.05, 0) is 55.2 Å². The van der Waals surface area contributed by atoms with Gasteiger partial charge in [-0.15, -0.1) is 11.8 Å². The molecule has 0 unspecified atom stereocenters. The van der Waals surface area contributed by atoms with Crippen molar-refractivity contribution in [2.24, 2.45) is 0 Å². The zero-order chi connectivity index (χ0) is 13.3. The topological polar surface area (TPSA) is 46.2 Å². The van der Waals surface area contributed by atoms with Crippen LogP contribution in [0, 0.1) is 0 Å². The standard InChI is InChI=1S/C14H19NO2S2/c16-19(17,15-12-5-1-2-6-12)13-7-8-14-11(10-13)4-3-9-18-14/h7-8,10,12,15H,1-6,9H2. The van der Waals surface area contributed by atoms with E-state index in [-0.39, 0.29) is 6.04 Å². The third-order valence-corrected chi connectivity index (χ3v) is 6.59. The van der Waals surface area contributed by atoms with Crippen LogP contribution in [-0.4, -0.2) is 20.2 Å². The zero-order valence-electron chi connectivity index (χ0n) is 10.9. The molecular formula is C14H19NO2S2. The molecule has 1 aliphatic carbocycles. The van der Waals surface area contributed by atoms with E-state index in [4.69, 9.17) is 0 Å². The molecule has 1 N–H and O–H groups in total. The molecule has 0 bridgehead atoms. The molecule has 5 heteroatoms. The lowest BCUT2D eigenvalue weighted by Gasteiger charge is -2.17. The van der Waals surface area contributed by atoms with E-state index in [2.05, 4.69) is 4.72 Å². The maximum Gasteiger partial charge on any atom is 0.240 e. The van der Waals surface area contributed by atoms with Crippen LogP contribution in [0.15, 0.2) is 28.0 Å². The van der Waals surface area contributed by atoms with Crippen molar-refractivity contribution in [3.63, 3.8) is 0 Å². The third-order valence-electron chi connectivity index (χ3n) is 3.87. The van der Waals surface area contributed by atoms with E-state index in [9.17, 15) is 8.42 Å². The molecule has 0 aromatic heterocycles. The fraction of sp³-hybridized carbons (Fsp3) is 0.571. The van der Waals surface area contributed by atoms with Crippen molar-refractivity contribution in [1.29, 1.82) is 0 Å². The molecule has 104 valence electrons. The normalized spacial score (nSPS) is 20.4. The van der Waals surface area contributed by atoms with Crippen molar-refractivity contribution < 1.29 is 8.42 Å². The van der Waals surface area contributed by atoms with Gasteiger partial charge in [0.2, 0.25) is 10.0 Å². The second kappa shape index (κ2) is 5.46. The summed E-state index contributed by atoms with van der Waals surface area (Å²) in [5.74, 6) is 1.14. The maximum absolute atomic E-state index is 12.4. The van der Waals surface area contributed by atoms with E-state index in [1.165, 1.54) is 10.5 Å². The van der Waals surface area contributed by atoms with Crippen LogP contribution in [-0.2, 0) is 16.4 Å². The van der Waals surface area contributed by atoms with Gasteiger partial charge in [0, 0.05) is 10.9 Å². The number of thioether (sulfide) groups is 1. The van der Waals surface area contributed by atoms with Crippen LogP contribution in [0.4, 0.5) is 0 Å². The van der Waals surface area contributed by atoms with Gasteiger partial charge in [0.15, 0.2) is 0 Å². The van der Waals surface area contributed by atoms with Crippen LogP contribution >= 0.6 is 11.8 Å². The third kappa shape index (κ3) is 2.98. The average Bonchev–Trinajstić information content (AvgIpc) is 2.90. The van der Waals surface area contributed by atoms with Gasteiger partial charge in [0.05, 0.1) is 4.90 Å². The van der Waals surface area contributed by atoms with E-state index in [0.29, 0.717) is 4.90 Å². The van der Waals surface area contributed by atoms with Crippen LogP contribution < -0.4 is 4.72 Å². The first-order chi connectivity index (χ1) is 9.15. The fourth-order valence-corrected chi connectivity index (χ4v) is 5.21. The number of fused-ring (bicyclic) bond motifs is 1. The van der Waals surface area contributed by atoms with Crippen LogP contribution in [0.25, 0.3) is 0 Å². The second-order valence-electron chi connectivity index (χ2n) is 5.32. The lowest BCUT2D eigenvalue weighted by Crippen LogP contribution is -2.32. The molecule has 3 rings (SSSR count). The largest absolute Gasteiger partial charge is 0.240 e. The molecule has 0 atom stereocenters. The minimum Gasteiger partial charge on any atom is -0.208 e. The number of sulfonamides is 1. The van der Waals surface area contributed by atoms with Crippen molar-refractivity contribution in [3.05, 3.63) is 23.8 Å². The molecule has 2 aliphatic rings. The summed E-state index contributed by atoms with van der Waals surface area (Å²) in [7, 11) is -3.34. The molecule has 1 fully saturated rings. The van der Waals surface area contributed by atoms with E-state index in [1.807, 2.05) is 23.9 Å². The van der Waals surface area contributed by atoms with E-state index in [1.54, 1.807) is 6.07 Å². The molecule has 1 aromatic rings. The Morgan fingerprint density at radius 3 is 2.74 bits per heavy atom. The highest BCUT2D eigenvalue weighted by Gasteiger charge is 2.23. The predicted molar refractivity (Wildman–Crippen MR) is 78.1 cm³/mol. The first-order valence-electron chi connectivity index (χ1n) is 6.93. The number of aryl methyl sites for hydroxylation is 1. The van der Waals surface area contributed by atoms with Gasteiger partial charge in [-0.1, -0.05) is 12.8 Å². The molecule has 3 nitrogen and oxygen atoms in total. The van der Waals surface area contributed by atoms with Crippen LogP contribution in [0.3, 0.4) is 0 Å². The molecule has 1 heterocycles. The van der Waals surface area contributed by atoms with Gasteiger partial charge in [-0.3, -0.25) is 0 Å². The lowest BCUT2D eigenvalue weighted by molar-refractivity contribution is 0.552.